The van der Waals surface area contributed by atoms with Crippen molar-refractivity contribution in [2.75, 3.05) is 80.5 Å². The Labute approximate surface area is 599 Å². The molecule has 2 aromatic carbocycles. The average Bonchev–Trinajstić information content (AvgIpc) is 1.81. The molecule has 11 atom stereocenters. The predicted molar refractivity (Wildman–Crippen MR) is 383 cm³/mol. The Kier molecular flexibility index (Phi) is 33.7. The van der Waals surface area contributed by atoms with Crippen LogP contribution in [-0.4, -0.2) is 206 Å². The van der Waals surface area contributed by atoms with Gasteiger partial charge in [-0.05, 0) is 93.1 Å². The number of primary amides is 1. The number of anilines is 1. The van der Waals surface area contributed by atoms with E-state index in [2.05, 4.69) is 21.3 Å². The summed E-state index contributed by atoms with van der Waals surface area (Å²) in [6.07, 6.45) is 2.79. The number of benzene rings is 2. The number of piperidine rings is 1. The number of hydrogen-bond acceptors (Lipinski definition) is 16. The molecular weight excluding hydrogens is 1290 g/mol. The van der Waals surface area contributed by atoms with Crippen molar-refractivity contribution >= 4 is 76.4 Å². The number of carbonyl (C=O) groups excluding carboxylic acids is 12. The number of likely N-dealkylation sites (N-methyl/N-ethyl adjacent to an activating group) is 2. The minimum atomic E-state index is -0.890. The summed E-state index contributed by atoms with van der Waals surface area (Å²) in [7, 11) is 10.6. The molecule has 3 aliphatic rings. The van der Waals surface area contributed by atoms with E-state index in [1.54, 1.807) is 55.1 Å². The van der Waals surface area contributed by atoms with E-state index < -0.39 is 89.6 Å². The number of urea groups is 1. The van der Waals surface area contributed by atoms with Crippen LogP contribution in [0.25, 0.3) is 0 Å². The van der Waals surface area contributed by atoms with Crippen molar-refractivity contribution in [2.24, 2.45) is 59.0 Å². The molecule has 5 rings (SSSR count). The standard InChI is InChI=1S/C76H118N10O15/c1-16-50(8)70(83(12)74(96)58(47(2)3)44-62(89)69(49(6)7)82(10)11)63(99-14)45-67(93)84-37-21-26-59(84)71(100-15)51(9)60(87)43-56(41-52-23-18-17-19-24-52)72(94)79-46-53-28-30-57(31-29-53)80-73(95)55(25-20-36-78-76(77)98)42-61(88)68(48(4)5)81-64(90)27-22-38-86(13)39-34-54(35-40-86)75(97)101-85-65(91)32-33-66(85)92/h17-19,23-24,28-31,47-51,54-56,58-59,63,68-71H,16,20-22,25-27,32-46H2,1-15H3,(H5-,77,78,79,80,81,90,94,95,98)/p+1/t50-,51-,54?,55+,56+,58-,59-,63+,68-,69-,70-,71+,86?/m0/s1. The lowest BCUT2D eigenvalue weighted by Crippen LogP contribution is -2.54. The number of nitrogens with one attached hydrogen (secondary N) is 4. The van der Waals surface area contributed by atoms with Gasteiger partial charge in [0.15, 0.2) is 11.6 Å². The second kappa shape index (κ2) is 40.4. The van der Waals surface area contributed by atoms with Crippen molar-refractivity contribution in [3.8, 4) is 0 Å². The molecule has 3 saturated heterocycles. The maximum Gasteiger partial charge on any atom is 0.336 e. The lowest BCUT2D eigenvalue weighted by atomic mass is 9.83. The summed E-state index contributed by atoms with van der Waals surface area (Å²) in [6.45, 7) is 20.0. The monoisotopic (exact) mass is 1410 g/mol. The first-order chi connectivity index (χ1) is 47.7. The van der Waals surface area contributed by atoms with E-state index in [0.717, 1.165) is 5.56 Å². The smallest absolute Gasteiger partial charge is 0.336 e. The summed E-state index contributed by atoms with van der Waals surface area (Å²) in [6, 6.07) is 13.4. The van der Waals surface area contributed by atoms with Crippen molar-refractivity contribution in [3.63, 3.8) is 0 Å². The Morgan fingerprint density at radius 3 is 1.90 bits per heavy atom. The van der Waals surface area contributed by atoms with E-state index in [9.17, 15) is 57.5 Å². The van der Waals surface area contributed by atoms with Gasteiger partial charge < -0.3 is 55.6 Å². The van der Waals surface area contributed by atoms with Gasteiger partial charge in [-0.3, -0.25) is 52.8 Å². The normalized spacial score (nSPS) is 20.1. The molecular formula is C76H119N10O15+. The number of nitrogens with two attached hydrogens (primary N) is 1. The molecule has 3 heterocycles. The van der Waals surface area contributed by atoms with Gasteiger partial charge in [-0.25, -0.2) is 9.59 Å². The molecule has 0 saturated carbocycles. The molecule has 9 amide bonds. The van der Waals surface area contributed by atoms with Crippen LogP contribution in [0, 0.1) is 53.3 Å². The topological polar surface area (TPSA) is 320 Å². The molecule has 0 aromatic heterocycles. The molecule has 0 spiro atoms. The molecule has 25 nitrogen and oxygen atoms in total. The molecule has 101 heavy (non-hydrogen) atoms. The predicted octanol–water partition coefficient (Wildman–Crippen LogP) is 7.21. The van der Waals surface area contributed by atoms with Gasteiger partial charge in [0.05, 0.1) is 75.4 Å². The number of likely N-dealkylation sites (tertiary alicyclic amines) is 2. The van der Waals surface area contributed by atoms with E-state index in [4.69, 9.17) is 20.0 Å². The van der Waals surface area contributed by atoms with Crippen LogP contribution in [0.1, 0.15) is 170 Å². The Morgan fingerprint density at radius 2 is 1.34 bits per heavy atom. The minimum absolute atomic E-state index is 0.0113. The summed E-state index contributed by atoms with van der Waals surface area (Å²) in [5, 5.41) is 12.0. The van der Waals surface area contributed by atoms with E-state index in [-0.39, 0.29) is 142 Å². The largest absolute Gasteiger partial charge is 0.379 e. The van der Waals surface area contributed by atoms with Crippen LogP contribution in [0.5, 0.6) is 0 Å². The van der Waals surface area contributed by atoms with Crippen LogP contribution in [0.15, 0.2) is 54.6 Å². The van der Waals surface area contributed by atoms with Gasteiger partial charge in [0.25, 0.3) is 11.8 Å². The Balaban J connectivity index is 1.19. The zero-order chi connectivity index (χ0) is 75.0. The summed E-state index contributed by atoms with van der Waals surface area (Å²) in [5.74, 6) is -7.47. The van der Waals surface area contributed by atoms with Crippen molar-refractivity contribution in [1.29, 1.82) is 0 Å². The van der Waals surface area contributed by atoms with Crippen molar-refractivity contribution in [2.45, 2.75) is 208 Å². The van der Waals surface area contributed by atoms with Crippen LogP contribution in [0.4, 0.5) is 10.5 Å². The molecule has 25 heteroatoms. The van der Waals surface area contributed by atoms with Crippen LogP contribution >= 0.6 is 0 Å². The SMILES string of the molecule is CC[C@H](C)[C@@H]([C@@H](CC(=O)N1CCC[C@H]1[C@H](OC)[C@@H](C)C(=O)C[C@@H](Cc1ccccc1)C(=O)NCc1ccc(NC(=O)[C@H](CCCNC(N)=O)CC(=O)[C@@H](NC(=O)CCC[N+]2(C)CCC(C(=O)ON3C(=O)CCC3=O)CC2)C(C)C)cc1)OC)N(C)C(=O)[C@@H](CC(=O)[C@H](C(C)C)N(C)C)C(C)C. The molecule has 0 radical (unpaired) electrons. The first-order valence-electron chi connectivity index (χ1n) is 36.6. The van der Waals surface area contributed by atoms with E-state index in [1.165, 1.54) is 7.11 Å². The zero-order valence-corrected chi connectivity index (χ0v) is 62.8. The molecule has 0 aliphatic carbocycles. The summed E-state index contributed by atoms with van der Waals surface area (Å²) in [5.41, 5.74) is 7.30. The number of ether oxygens (including phenoxy) is 2. The van der Waals surface area contributed by atoms with Gasteiger partial charge in [0.2, 0.25) is 29.5 Å². The highest BCUT2D eigenvalue weighted by atomic mass is 16.7. The maximum atomic E-state index is 14.7. The van der Waals surface area contributed by atoms with Gasteiger partial charge in [-0.1, -0.05) is 111 Å². The molecule has 0 unspecified atom stereocenters. The quantitative estimate of drug-likeness (QED) is 0.0249. The zero-order valence-electron chi connectivity index (χ0n) is 62.8. The van der Waals surface area contributed by atoms with Gasteiger partial charge in [0.1, 0.15) is 5.78 Å². The fourth-order valence-corrected chi connectivity index (χ4v) is 14.9. The third-order valence-corrected chi connectivity index (χ3v) is 21.1. The van der Waals surface area contributed by atoms with Crippen LogP contribution in [0.3, 0.4) is 0 Å². The number of rotatable bonds is 42. The van der Waals surface area contributed by atoms with E-state index in [1.807, 2.05) is 112 Å². The lowest BCUT2D eigenvalue weighted by Gasteiger charge is -2.41. The van der Waals surface area contributed by atoms with Crippen molar-refractivity contribution in [1.82, 2.24) is 35.7 Å². The van der Waals surface area contributed by atoms with Crippen LogP contribution < -0.4 is 27.0 Å². The number of carbonyl (C=O) groups is 12. The highest BCUT2D eigenvalue weighted by Crippen LogP contribution is 2.33. The Bertz CT molecular complexity index is 3090. The summed E-state index contributed by atoms with van der Waals surface area (Å²) < 4.78 is 12.9. The molecule has 562 valence electrons. The molecule has 6 N–H and O–H groups in total. The summed E-state index contributed by atoms with van der Waals surface area (Å²) in [4.78, 5) is 172. The lowest BCUT2D eigenvalue weighted by molar-refractivity contribution is -0.915. The first-order valence-corrected chi connectivity index (χ1v) is 36.6. The highest BCUT2D eigenvalue weighted by Gasteiger charge is 2.45. The van der Waals surface area contributed by atoms with Crippen LogP contribution in [-0.2, 0) is 80.0 Å². The number of ketones is 3. The number of quaternary nitrogens is 1. The number of amides is 9. The second-order valence-corrected chi connectivity index (χ2v) is 30.0. The third kappa shape index (κ3) is 24.9. The number of nitrogens with zero attached hydrogens (tertiary/aromatic N) is 5. The number of hydroxylamine groups is 2. The minimum Gasteiger partial charge on any atom is -0.379 e. The fourth-order valence-electron chi connectivity index (χ4n) is 14.9. The Morgan fingerprint density at radius 1 is 0.703 bits per heavy atom. The molecule has 0 bridgehead atoms. The fraction of sp³-hybridized carbons (Fsp3) is 0.684. The first kappa shape index (κ1) is 84.2. The van der Waals surface area contributed by atoms with Crippen molar-refractivity contribution in [3.05, 3.63) is 65.7 Å². The average molecular weight is 1410 g/mol. The highest BCUT2D eigenvalue weighted by molar-refractivity contribution is 6.02. The Hall–Kier alpha value is -7.48. The van der Waals surface area contributed by atoms with E-state index in [0.29, 0.717) is 91.9 Å². The van der Waals surface area contributed by atoms with Crippen LogP contribution in [0.2, 0.25) is 0 Å². The third-order valence-electron chi connectivity index (χ3n) is 21.1. The van der Waals surface area contributed by atoms with Gasteiger partial charge in [0, 0.05) is 128 Å². The number of imide groups is 1. The molecule has 3 aliphatic heterocycles. The molecule has 2 aromatic rings. The number of hydrogen-bond donors (Lipinski definition) is 5. The van der Waals surface area contributed by atoms with Crippen molar-refractivity contribution < 1.29 is 76.3 Å². The van der Waals surface area contributed by atoms with E-state index >= 15 is 0 Å². The van der Waals surface area contributed by atoms with Gasteiger partial charge >= 0.3 is 12.0 Å². The number of Topliss-reactive ketones (excluding diaryl/α,β-unsaturated/α-hetero) is 3. The second-order valence-electron chi connectivity index (χ2n) is 30.0. The number of methoxy groups -OCH3 is 2. The summed E-state index contributed by atoms with van der Waals surface area (Å²) >= 11 is 0. The molecule has 3 fully saturated rings. The van der Waals surface area contributed by atoms with Gasteiger partial charge in [-0.2, -0.15) is 0 Å². The maximum absolute atomic E-state index is 14.7. The van der Waals surface area contributed by atoms with Gasteiger partial charge in [-0.15, -0.1) is 5.06 Å².